The zero-order valence-electron chi connectivity index (χ0n) is 9.69. The second-order valence-corrected chi connectivity index (χ2v) is 4.65. The van der Waals surface area contributed by atoms with Gasteiger partial charge in [0.05, 0.1) is 12.0 Å². The highest BCUT2D eigenvalue weighted by Gasteiger charge is 2.11. The zero-order valence-corrected chi connectivity index (χ0v) is 10.5. The summed E-state index contributed by atoms with van der Waals surface area (Å²) in [5, 5.41) is 0.905. The number of thiophene rings is 1. The molecule has 0 amide bonds. The van der Waals surface area contributed by atoms with E-state index in [9.17, 15) is 0 Å². The monoisotopic (exact) mass is 254 g/mol. The van der Waals surface area contributed by atoms with Gasteiger partial charge in [-0.05, 0) is 13.0 Å². The molecule has 6 nitrogen and oxygen atoms in total. The molecule has 0 aliphatic rings. The molecule has 0 unspecified atom stereocenters. The van der Waals surface area contributed by atoms with Crippen molar-refractivity contribution in [2.45, 2.75) is 6.92 Å². The molecule has 2 aromatic heterocycles. The summed E-state index contributed by atoms with van der Waals surface area (Å²) >= 11 is 1.58. The van der Waals surface area contributed by atoms with E-state index in [1.54, 1.807) is 18.4 Å². The van der Waals surface area contributed by atoms with Gasteiger partial charge in [0, 0.05) is 12.0 Å². The topological polar surface area (TPSA) is 82.3 Å². The minimum Gasteiger partial charge on any atom is -0.475 e. The Morgan fingerprint density at radius 2 is 2.24 bits per heavy atom. The average Bonchev–Trinajstić information content (AvgIpc) is 2.69. The second-order valence-electron chi connectivity index (χ2n) is 3.41. The molecule has 0 atom stereocenters. The molecule has 0 spiro atoms. The van der Waals surface area contributed by atoms with Gasteiger partial charge in [0.1, 0.15) is 11.4 Å². The first-order valence-electron chi connectivity index (χ1n) is 5.11. The van der Waals surface area contributed by atoms with Crippen molar-refractivity contribution in [2.24, 2.45) is 5.84 Å². The Labute approximate surface area is 103 Å². The molecule has 2 aromatic rings. The Balaban J connectivity index is 2.36. The van der Waals surface area contributed by atoms with Gasteiger partial charge in [0.15, 0.2) is 0 Å². The van der Waals surface area contributed by atoms with E-state index in [4.69, 9.17) is 15.3 Å². The highest BCUT2D eigenvalue weighted by atomic mass is 32.1. The van der Waals surface area contributed by atoms with Gasteiger partial charge < -0.3 is 9.47 Å². The lowest BCUT2D eigenvalue weighted by Crippen LogP contribution is -2.12. The fourth-order valence-corrected chi connectivity index (χ4v) is 2.28. The number of hydrogen-bond donors (Lipinski definition) is 2. The van der Waals surface area contributed by atoms with E-state index in [0.717, 1.165) is 15.1 Å². The van der Waals surface area contributed by atoms with Crippen molar-refractivity contribution in [1.29, 1.82) is 0 Å². The molecule has 0 aliphatic carbocycles. The van der Waals surface area contributed by atoms with Crippen molar-refractivity contribution >= 4 is 27.5 Å². The van der Waals surface area contributed by atoms with Crippen LogP contribution in [0.5, 0.6) is 5.88 Å². The maximum Gasteiger partial charge on any atom is 0.241 e. The van der Waals surface area contributed by atoms with E-state index in [1.807, 2.05) is 13.0 Å². The number of nitrogens with zero attached hydrogens (tertiary/aromatic N) is 2. The summed E-state index contributed by atoms with van der Waals surface area (Å²) in [6, 6.07) is 2.00. The van der Waals surface area contributed by atoms with Crippen LogP contribution in [0.2, 0.25) is 0 Å². The molecule has 92 valence electrons. The van der Waals surface area contributed by atoms with Crippen molar-refractivity contribution in [3.05, 3.63) is 10.9 Å². The van der Waals surface area contributed by atoms with Crippen LogP contribution in [-0.4, -0.2) is 30.3 Å². The Kier molecular flexibility index (Phi) is 3.72. The fraction of sp³-hybridized carbons (Fsp3) is 0.400. The predicted molar refractivity (Wildman–Crippen MR) is 67.3 cm³/mol. The Morgan fingerprint density at radius 3 is 2.94 bits per heavy atom. The number of hydrazine groups is 1. The molecule has 2 heterocycles. The number of fused-ring (bicyclic) bond motifs is 1. The van der Waals surface area contributed by atoms with Gasteiger partial charge in [-0.1, -0.05) is 0 Å². The summed E-state index contributed by atoms with van der Waals surface area (Å²) in [4.78, 5) is 10.5. The number of nitrogen functional groups attached to an aromatic ring is 1. The lowest BCUT2D eigenvalue weighted by Gasteiger charge is -2.07. The van der Waals surface area contributed by atoms with Crippen LogP contribution in [0.15, 0.2) is 6.07 Å². The maximum atomic E-state index is 5.55. The molecule has 17 heavy (non-hydrogen) atoms. The first kappa shape index (κ1) is 12.0. The van der Waals surface area contributed by atoms with Crippen LogP contribution in [0.1, 0.15) is 4.88 Å². The molecule has 0 bridgehead atoms. The third-order valence-electron chi connectivity index (χ3n) is 2.14. The molecule has 2 rings (SSSR count). The van der Waals surface area contributed by atoms with E-state index in [1.165, 1.54) is 0 Å². The van der Waals surface area contributed by atoms with Gasteiger partial charge in [-0.25, -0.2) is 10.8 Å². The van der Waals surface area contributed by atoms with Crippen LogP contribution in [0, 0.1) is 6.92 Å². The number of hydrogen-bond acceptors (Lipinski definition) is 7. The summed E-state index contributed by atoms with van der Waals surface area (Å²) in [5.74, 6) is 6.21. The van der Waals surface area contributed by atoms with Crippen molar-refractivity contribution in [3.8, 4) is 5.88 Å². The van der Waals surface area contributed by atoms with Gasteiger partial charge in [-0.2, -0.15) is 4.98 Å². The fourth-order valence-electron chi connectivity index (χ4n) is 1.41. The van der Waals surface area contributed by atoms with Crippen molar-refractivity contribution < 1.29 is 9.47 Å². The lowest BCUT2D eigenvalue weighted by atomic mass is 10.3. The third-order valence-corrected chi connectivity index (χ3v) is 3.08. The molecule has 0 radical (unpaired) electrons. The SMILES string of the molecule is COCCOc1nc(NN)nc2sc(C)cc12. The van der Waals surface area contributed by atoms with Gasteiger partial charge in [0.25, 0.3) is 0 Å². The standard InChI is InChI=1S/C10H14N4O2S/c1-6-5-7-8(16-4-3-15-2)12-10(14-11)13-9(7)17-6/h5H,3-4,11H2,1-2H3,(H,12,13,14). The smallest absolute Gasteiger partial charge is 0.241 e. The van der Waals surface area contributed by atoms with Gasteiger partial charge in [0.2, 0.25) is 11.8 Å². The quantitative estimate of drug-likeness (QED) is 0.475. The minimum absolute atomic E-state index is 0.353. The van der Waals surface area contributed by atoms with Crippen molar-refractivity contribution in [2.75, 3.05) is 25.7 Å². The summed E-state index contributed by atoms with van der Waals surface area (Å²) in [6.45, 7) is 2.97. The van der Waals surface area contributed by atoms with E-state index in [0.29, 0.717) is 25.0 Å². The Morgan fingerprint density at radius 1 is 1.41 bits per heavy atom. The second kappa shape index (κ2) is 5.26. The Hall–Kier alpha value is -1.44. The highest BCUT2D eigenvalue weighted by Crippen LogP contribution is 2.30. The number of aryl methyl sites for hydroxylation is 1. The van der Waals surface area contributed by atoms with Gasteiger partial charge in [-0.15, -0.1) is 11.3 Å². The number of nitrogens with one attached hydrogen (secondary N) is 1. The molecule has 3 N–H and O–H groups in total. The zero-order chi connectivity index (χ0) is 12.3. The number of anilines is 1. The first-order valence-corrected chi connectivity index (χ1v) is 5.92. The summed E-state index contributed by atoms with van der Waals surface area (Å²) < 4.78 is 10.5. The van der Waals surface area contributed by atoms with Crippen LogP contribution >= 0.6 is 11.3 Å². The normalized spacial score (nSPS) is 10.8. The van der Waals surface area contributed by atoms with Crippen LogP contribution in [-0.2, 0) is 4.74 Å². The largest absolute Gasteiger partial charge is 0.475 e. The van der Waals surface area contributed by atoms with Gasteiger partial charge >= 0.3 is 0 Å². The molecule has 0 fully saturated rings. The Bertz CT molecular complexity index is 514. The number of nitrogens with two attached hydrogens (primary N) is 1. The molecular formula is C10H14N4O2S. The van der Waals surface area contributed by atoms with Crippen molar-refractivity contribution in [1.82, 2.24) is 9.97 Å². The highest BCUT2D eigenvalue weighted by molar-refractivity contribution is 7.18. The van der Waals surface area contributed by atoms with Crippen molar-refractivity contribution in [3.63, 3.8) is 0 Å². The van der Waals surface area contributed by atoms with E-state index in [2.05, 4.69) is 15.4 Å². The number of aromatic nitrogens is 2. The third kappa shape index (κ3) is 2.63. The predicted octanol–water partition coefficient (Wildman–Crippen LogP) is 1.31. The maximum absolute atomic E-state index is 5.55. The van der Waals surface area contributed by atoms with E-state index >= 15 is 0 Å². The van der Waals surface area contributed by atoms with E-state index in [-0.39, 0.29) is 0 Å². The number of methoxy groups -OCH3 is 1. The van der Waals surface area contributed by atoms with Crippen LogP contribution in [0.4, 0.5) is 5.95 Å². The molecule has 0 saturated heterocycles. The molecular weight excluding hydrogens is 240 g/mol. The molecule has 0 saturated carbocycles. The summed E-state index contributed by atoms with van der Waals surface area (Å²) in [6.07, 6.45) is 0. The first-order chi connectivity index (χ1) is 8.24. The van der Waals surface area contributed by atoms with Crippen LogP contribution in [0.25, 0.3) is 10.2 Å². The van der Waals surface area contributed by atoms with Crippen LogP contribution < -0.4 is 16.0 Å². The van der Waals surface area contributed by atoms with E-state index < -0.39 is 0 Å². The number of ether oxygens (including phenoxy) is 2. The van der Waals surface area contributed by atoms with Crippen LogP contribution in [0.3, 0.4) is 0 Å². The molecule has 7 heteroatoms. The molecule has 0 aliphatic heterocycles. The number of rotatable bonds is 5. The average molecular weight is 254 g/mol. The van der Waals surface area contributed by atoms with Gasteiger partial charge in [-0.3, -0.25) is 5.43 Å². The summed E-state index contributed by atoms with van der Waals surface area (Å²) in [7, 11) is 1.63. The minimum atomic E-state index is 0.353. The molecule has 0 aromatic carbocycles. The lowest BCUT2D eigenvalue weighted by molar-refractivity contribution is 0.144. The summed E-state index contributed by atoms with van der Waals surface area (Å²) in [5.41, 5.74) is 2.43.